The lowest BCUT2D eigenvalue weighted by molar-refractivity contribution is -0.190. The van der Waals surface area contributed by atoms with Crippen molar-refractivity contribution in [3.05, 3.63) is 47.4 Å². The molecule has 0 bridgehead atoms. The Hall–Kier alpha value is -3.54. The van der Waals surface area contributed by atoms with Gasteiger partial charge in [-0.2, -0.15) is 17.9 Å². The van der Waals surface area contributed by atoms with Crippen LogP contribution in [0.5, 0.6) is 5.88 Å². The van der Waals surface area contributed by atoms with Crippen LogP contribution in [0, 0.1) is 5.41 Å². The first-order valence-electron chi connectivity index (χ1n) is 15.7. The van der Waals surface area contributed by atoms with Gasteiger partial charge in [0.2, 0.25) is 5.88 Å². The van der Waals surface area contributed by atoms with Gasteiger partial charge in [0, 0.05) is 30.1 Å². The number of amides is 2. The van der Waals surface area contributed by atoms with Gasteiger partial charge >= 0.3 is 12.3 Å². The second-order valence-corrected chi connectivity index (χ2v) is 15.2. The predicted octanol–water partition coefficient (Wildman–Crippen LogP) is 5.49. The van der Waals surface area contributed by atoms with Crippen molar-refractivity contribution in [2.45, 2.75) is 95.3 Å². The average Bonchev–Trinajstić information content (AvgIpc) is 3.29. The van der Waals surface area contributed by atoms with E-state index in [1.165, 1.54) is 39.8 Å². The van der Waals surface area contributed by atoms with Crippen molar-refractivity contribution in [2.75, 3.05) is 19.8 Å². The van der Waals surface area contributed by atoms with Crippen LogP contribution >= 0.6 is 11.6 Å². The van der Waals surface area contributed by atoms with Crippen LogP contribution in [0.4, 0.5) is 18.0 Å². The van der Waals surface area contributed by atoms with Crippen LogP contribution in [-0.4, -0.2) is 89.2 Å². The first kappa shape index (κ1) is 36.7. The van der Waals surface area contributed by atoms with Crippen molar-refractivity contribution < 1.29 is 41.5 Å². The Morgan fingerprint density at radius 1 is 1.10 bits per heavy atom. The summed E-state index contributed by atoms with van der Waals surface area (Å²) < 4.78 is 74.4. The SMILES string of the molecule is CC(C)(C)OC(=O)N1CC(OCCn2ccc([S+]([O-])NC(=O)c3ccc(-n4ccc(OCCC5(C(F)(F)F)CC5)n4)nc3Cl)n2)CC1(C)C. The van der Waals surface area contributed by atoms with Gasteiger partial charge < -0.3 is 23.7 Å². The van der Waals surface area contributed by atoms with Crippen LogP contribution in [0.25, 0.3) is 5.82 Å². The second kappa shape index (κ2) is 14.0. The molecule has 2 aliphatic rings. The highest BCUT2D eigenvalue weighted by molar-refractivity contribution is 7.90. The minimum atomic E-state index is -4.25. The Kier molecular flexibility index (Phi) is 10.5. The van der Waals surface area contributed by atoms with Gasteiger partial charge in [-0.1, -0.05) is 11.6 Å². The fourth-order valence-electron chi connectivity index (χ4n) is 5.41. The first-order chi connectivity index (χ1) is 22.9. The number of hydrogen-bond acceptors (Lipinski definition) is 9. The zero-order valence-corrected chi connectivity index (χ0v) is 29.3. The molecule has 0 aromatic carbocycles. The topological polar surface area (TPSA) is 149 Å². The summed E-state index contributed by atoms with van der Waals surface area (Å²) in [5, 5.41) is 8.36. The number of pyridine rings is 1. The van der Waals surface area contributed by atoms with Crippen LogP contribution in [-0.2, 0) is 27.4 Å². The van der Waals surface area contributed by atoms with Crippen molar-refractivity contribution in [1.29, 1.82) is 0 Å². The Bertz CT molecular complexity index is 1660. The molecule has 2 unspecified atom stereocenters. The molecule has 18 heteroatoms. The summed E-state index contributed by atoms with van der Waals surface area (Å²) in [6.07, 6.45) is -1.03. The van der Waals surface area contributed by atoms with Gasteiger partial charge in [-0.05, 0) is 72.4 Å². The van der Waals surface area contributed by atoms with Crippen molar-refractivity contribution in [3.63, 3.8) is 0 Å². The zero-order chi connectivity index (χ0) is 35.8. The van der Waals surface area contributed by atoms with E-state index in [0.717, 1.165) is 0 Å². The summed E-state index contributed by atoms with van der Waals surface area (Å²) in [5.74, 6) is -0.403. The molecule has 1 N–H and O–H groups in total. The summed E-state index contributed by atoms with van der Waals surface area (Å²) in [4.78, 5) is 31.4. The van der Waals surface area contributed by atoms with E-state index < -0.39 is 40.0 Å². The molecular weight excluding hydrogens is 691 g/mol. The van der Waals surface area contributed by atoms with E-state index in [4.69, 9.17) is 25.8 Å². The Morgan fingerprint density at radius 2 is 1.84 bits per heavy atom. The van der Waals surface area contributed by atoms with Crippen molar-refractivity contribution >= 4 is 35.0 Å². The number of rotatable bonds is 12. The highest BCUT2D eigenvalue weighted by Crippen LogP contribution is 2.59. The third kappa shape index (κ3) is 8.98. The lowest BCUT2D eigenvalue weighted by atomic mass is 10.0. The standard InChI is InChI=1S/C31H39ClF3N7O6S/c1-28(2,3)48-27(44)41-19-20(18-29(41,4)5)46-17-15-40-13-9-24(38-40)49(45)39-26(43)21-6-7-22(36-25(21)32)42-14-8-23(37-42)47-16-12-30(10-11-30)31(33,34)35/h6-9,13-14,20H,10-12,15-19H2,1-5H3,(H,39,43). The molecule has 1 aliphatic carbocycles. The lowest BCUT2D eigenvalue weighted by Gasteiger charge is -2.33. The fourth-order valence-corrected chi connectivity index (χ4v) is 6.40. The Labute approximate surface area is 289 Å². The lowest BCUT2D eigenvalue weighted by Crippen LogP contribution is -2.45. The largest absolute Gasteiger partial charge is 0.586 e. The maximum Gasteiger partial charge on any atom is 0.410 e. The molecule has 3 aromatic rings. The Morgan fingerprint density at radius 3 is 2.49 bits per heavy atom. The number of carbonyl (C=O) groups is 2. The number of nitrogens with one attached hydrogen (secondary N) is 1. The molecule has 1 saturated heterocycles. The van der Waals surface area contributed by atoms with Gasteiger partial charge in [-0.3, -0.25) is 9.48 Å². The monoisotopic (exact) mass is 729 g/mol. The quantitative estimate of drug-likeness (QED) is 0.189. The van der Waals surface area contributed by atoms with E-state index in [1.807, 2.05) is 34.6 Å². The molecule has 0 radical (unpaired) electrons. The van der Waals surface area contributed by atoms with E-state index in [1.54, 1.807) is 11.1 Å². The highest BCUT2D eigenvalue weighted by atomic mass is 35.5. The summed E-state index contributed by atoms with van der Waals surface area (Å²) in [7, 11) is 0. The maximum atomic E-state index is 13.1. The van der Waals surface area contributed by atoms with Gasteiger partial charge in [0.15, 0.2) is 5.82 Å². The molecule has 3 aromatic heterocycles. The van der Waals surface area contributed by atoms with E-state index in [9.17, 15) is 27.3 Å². The molecular formula is C31H39ClF3N7O6S. The summed E-state index contributed by atoms with van der Waals surface area (Å²) in [6.45, 7) is 10.3. The summed E-state index contributed by atoms with van der Waals surface area (Å²) in [6, 6.07) is 5.82. The average molecular weight is 730 g/mol. The van der Waals surface area contributed by atoms with Crippen LogP contribution in [0.2, 0.25) is 5.15 Å². The number of aromatic nitrogens is 5. The molecule has 2 amide bonds. The predicted molar refractivity (Wildman–Crippen MR) is 172 cm³/mol. The number of nitrogens with zero attached hydrogens (tertiary/aromatic N) is 6. The van der Waals surface area contributed by atoms with Crippen molar-refractivity contribution in [2.24, 2.45) is 5.41 Å². The van der Waals surface area contributed by atoms with Crippen molar-refractivity contribution in [3.8, 4) is 11.7 Å². The number of ether oxygens (including phenoxy) is 3. The van der Waals surface area contributed by atoms with E-state index in [2.05, 4.69) is 19.9 Å². The number of likely N-dealkylation sites (tertiary alicyclic amines) is 1. The number of alkyl halides is 3. The van der Waals surface area contributed by atoms with E-state index in [0.29, 0.717) is 26.1 Å². The third-order valence-corrected chi connectivity index (χ3v) is 9.54. The molecule has 4 heterocycles. The molecule has 1 aliphatic heterocycles. The third-order valence-electron chi connectivity index (χ3n) is 8.29. The smallest absolute Gasteiger partial charge is 0.410 e. The minimum Gasteiger partial charge on any atom is -0.586 e. The van der Waals surface area contributed by atoms with E-state index >= 15 is 0 Å². The molecule has 1 saturated carbocycles. The van der Waals surface area contributed by atoms with Gasteiger partial charge in [0.25, 0.3) is 10.9 Å². The zero-order valence-electron chi connectivity index (χ0n) is 27.8. The van der Waals surface area contributed by atoms with E-state index in [-0.39, 0.29) is 65.5 Å². The van der Waals surface area contributed by atoms with Gasteiger partial charge in [0.05, 0.1) is 43.4 Å². The maximum absolute atomic E-state index is 13.1. The second-order valence-electron chi connectivity index (χ2n) is 13.7. The summed E-state index contributed by atoms with van der Waals surface area (Å²) in [5.41, 5.74) is -2.74. The van der Waals surface area contributed by atoms with Gasteiger partial charge in [-0.25, -0.2) is 14.5 Å². The van der Waals surface area contributed by atoms with Gasteiger partial charge in [-0.15, -0.1) is 10.2 Å². The highest BCUT2D eigenvalue weighted by Gasteiger charge is 2.62. The molecule has 2 atom stereocenters. The summed E-state index contributed by atoms with van der Waals surface area (Å²) >= 11 is 4.26. The normalized spacial score (nSPS) is 19.1. The molecule has 0 spiro atoms. The first-order valence-corrected chi connectivity index (χ1v) is 17.2. The number of carbonyl (C=O) groups excluding carboxylic acids is 2. The number of halogens is 4. The molecule has 268 valence electrons. The Balaban J connectivity index is 1.08. The fraction of sp³-hybridized carbons (Fsp3) is 0.581. The van der Waals surface area contributed by atoms with Crippen LogP contribution in [0.1, 0.15) is 70.7 Å². The van der Waals surface area contributed by atoms with Crippen LogP contribution < -0.4 is 9.46 Å². The molecule has 5 rings (SSSR count). The molecule has 13 nitrogen and oxygen atoms in total. The minimum absolute atomic E-state index is 0.0444. The van der Waals surface area contributed by atoms with Crippen LogP contribution in [0.15, 0.2) is 41.7 Å². The molecule has 2 fully saturated rings. The van der Waals surface area contributed by atoms with Crippen molar-refractivity contribution in [1.82, 2.24) is 34.2 Å². The van der Waals surface area contributed by atoms with Gasteiger partial charge in [0.1, 0.15) is 22.1 Å². The number of hydrogen-bond donors (Lipinski definition) is 1. The molecule has 49 heavy (non-hydrogen) atoms. The van der Waals surface area contributed by atoms with Crippen LogP contribution in [0.3, 0.4) is 0 Å².